The van der Waals surface area contributed by atoms with Crippen molar-refractivity contribution in [2.45, 2.75) is 31.8 Å². The number of carbonyl (C=O) groups is 2. The molecule has 0 aliphatic heterocycles. The van der Waals surface area contributed by atoms with Crippen molar-refractivity contribution in [1.29, 1.82) is 5.26 Å². The first kappa shape index (κ1) is 30.4. The Balaban J connectivity index is 1.75. The number of benzene rings is 3. The highest BCUT2D eigenvalue weighted by molar-refractivity contribution is 7.90. The standard InChI is InChI=1S/C27H23Cl2N3O7S/c1-15(2)39-27(35)32-40(36,37)21-5-6-23(16(3)8-21)31-25(33)14-38-24-7-4-19(28)12-22(24)26(34)18-9-17(13-30)10-20(29)11-18/h4-12,15H,14H2,1-3H3,(H,31,33)(H,32,35)/p-1. The Morgan fingerprint density at radius 3 is 2.45 bits per heavy atom. The Morgan fingerprint density at radius 1 is 1.07 bits per heavy atom. The van der Waals surface area contributed by atoms with E-state index in [1.54, 1.807) is 20.8 Å². The van der Waals surface area contributed by atoms with Crippen LogP contribution in [0.5, 0.6) is 5.75 Å². The molecule has 0 aliphatic carbocycles. The quantitative estimate of drug-likeness (QED) is 0.216. The van der Waals surface area contributed by atoms with Crippen LogP contribution in [0.2, 0.25) is 10.0 Å². The Kier molecular flexibility index (Phi) is 9.76. The molecule has 0 atom stereocenters. The molecule has 0 bridgehead atoms. The topological polar surface area (TPSA) is 158 Å². The predicted octanol–water partition coefficient (Wildman–Crippen LogP) is 4.25. The molecule has 3 aromatic rings. The van der Waals surface area contributed by atoms with E-state index in [-0.39, 0.29) is 43.1 Å². The number of carbonyl (C=O) groups excluding carboxylic acids is 2. The van der Waals surface area contributed by atoms with Gasteiger partial charge in [-0.15, -0.1) is 4.40 Å². The van der Waals surface area contributed by atoms with Gasteiger partial charge in [-0.1, -0.05) is 37.0 Å². The van der Waals surface area contributed by atoms with E-state index in [1.165, 1.54) is 54.6 Å². The van der Waals surface area contributed by atoms with Crippen LogP contribution in [0.1, 0.15) is 40.9 Å². The molecule has 0 aliphatic rings. The molecule has 0 heterocycles. The third kappa shape index (κ3) is 7.95. The smallest absolute Gasteiger partial charge is 0.284 e. The molecule has 1 N–H and O–H groups in total. The van der Waals surface area contributed by atoms with Gasteiger partial charge in [0, 0.05) is 27.4 Å². The van der Waals surface area contributed by atoms with Gasteiger partial charge in [-0.3, -0.25) is 9.59 Å². The van der Waals surface area contributed by atoms with Crippen molar-refractivity contribution in [1.82, 2.24) is 0 Å². The summed E-state index contributed by atoms with van der Waals surface area (Å²) in [5.41, 5.74) is 1.04. The lowest BCUT2D eigenvalue weighted by Gasteiger charge is -2.17. The first-order chi connectivity index (χ1) is 18.8. The van der Waals surface area contributed by atoms with E-state index >= 15 is 0 Å². The first-order valence-corrected chi connectivity index (χ1v) is 13.8. The summed E-state index contributed by atoms with van der Waals surface area (Å²) in [5, 5.41) is 23.9. The maximum absolute atomic E-state index is 13.2. The number of aryl methyl sites for hydroxylation is 1. The Morgan fingerprint density at radius 2 is 1.80 bits per heavy atom. The second-order valence-electron chi connectivity index (χ2n) is 8.62. The molecule has 0 radical (unpaired) electrons. The van der Waals surface area contributed by atoms with E-state index in [2.05, 4.69) is 9.71 Å². The molecule has 3 aromatic carbocycles. The van der Waals surface area contributed by atoms with Crippen LogP contribution in [0.25, 0.3) is 0 Å². The number of anilines is 1. The van der Waals surface area contributed by atoms with Crippen LogP contribution < -0.4 is 15.2 Å². The van der Waals surface area contributed by atoms with E-state index in [1.807, 2.05) is 6.07 Å². The van der Waals surface area contributed by atoms with Crippen LogP contribution in [0, 0.1) is 18.3 Å². The van der Waals surface area contributed by atoms with Gasteiger partial charge in [0.15, 0.2) is 18.5 Å². The summed E-state index contributed by atoms with van der Waals surface area (Å²) in [6.07, 6.45) is -1.77. The number of hydrogen-bond acceptors (Lipinski definition) is 8. The molecule has 208 valence electrons. The summed E-state index contributed by atoms with van der Waals surface area (Å²) < 4.78 is 38.3. The van der Waals surface area contributed by atoms with E-state index in [4.69, 9.17) is 32.7 Å². The minimum atomic E-state index is -4.32. The number of rotatable bonds is 9. The molecular weight excluding hydrogens is 581 g/mol. The zero-order valence-corrected chi connectivity index (χ0v) is 23.7. The molecule has 0 fully saturated rings. The molecule has 40 heavy (non-hydrogen) atoms. The van der Waals surface area contributed by atoms with E-state index in [0.717, 1.165) is 0 Å². The fourth-order valence-electron chi connectivity index (χ4n) is 3.39. The summed E-state index contributed by atoms with van der Waals surface area (Å²) >= 11 is 12.1. The first-order valence-electron chi connectivity index (χ1n) is 11.6. The number of nitrogens with zero attached hydrogens (tertiary/aromatic N) is 2. The molecule has 1 amide bonds. The van der Waals surface area contributed by atoms with Gasteiger partial charge in [0.25, 0.3) is 15.9 Å². The SMILES string of the molecule is Cc1cc(S(=O)(=O)/N=C(/[O-])OC(C)C)ccc1NC(=O)COc1ccc(Cl)cc1C(=O)c1cc(Cl)cc(C#N)c1. The number of nitrogens with one attached hydrogen (secondary N) is 1. The fraction of sp³-hybridized carbons (Fsp3) is 0.185. The van der Waals surface area contributed by atoms with Crippen LogP contribution in [-0.4, -0.2) is 38.9 Å². The summed E-state index contributed by atoms with van der Waals surface area (Å²) in [6, 6.07) is 14.2. The maximum atomic E-state index is 13.2. The molecule has 0 aromatic heterocycles. The second kappa shape index (κ2) is 12.8. The Hall–Kier alpha value is -4.11. The zero-order chi connectivity index (χ0) is 29.6. The number of ether oxygens (including phenoxy) is 2. The van der Waals surface area contributed by atoms with E-state index < -0.39 is 40.5 Å². The van der Waals surface area contributed by atoms with Gasteiger partial charge >= 0.3 is 0 Å². The summed E-state index contributed by atoms with van der Waals surface area (Å²) in [7, 11) is -4.32. The van der Waals surface area contributed by atoms with Crippen LogP contribution in [0.3, 0.4) is 0 Å². The lowest BCUT2D eigenvalue weighted by Crippen LogP contribution is -2.26. The van der Waals surface area contributed by atoms with Crippen molar-refractivity contribution in [3.05, 3.63) is 86.9 Å². The van der Waals surface area contributed by atoms with Gasteiger partial charge in [0.2, 0.25) is 0 Å². The summed E-state index contributed by atoms with van der Waals surface area (Å²) in [6.45, 7) is 4.17. The highest BCUT2D eigenvalue weighted by Crippen LogP contribution is 2.27. The second-order valence-corrected chi connectivity index (χ2v) is 11.1. The Labute approximate surface area is 240 Å². The number of sulfonamides is 1. The maximum Gasteiger partial charge on any atom is 0.284 e. The van der Waals surface area contributed by atoms with Crippen molar-refractivity contribution in [3.63, 3.8) is 0 Å². The zero-order valence-electron chi connectivity index (χ0n) is 21.4. The average Bonchev–Trinajstić information content (AvgIpc) is 2.87. The lowest BCUT2D eigenvalue weighted by molar-refractivity contribution is -0.253. The highest BCUT2D eigenvalue weighted by atomic mass is 35.5. The number of ketones is 1. The molecular formula is C27H22Cl2N3O7S-. The monoisotopic (exact) mass is 602 g/mol. The van der Waals surface area contributed by atoms with Gasteiger partial charge in [0.1, 0.15) is 5.75 Å². The third-order valence-electron chi connectivity index (χ3n) is 5.14. The van der Waals surface area contributed by atoms with E-state index in [9.17, 15) is 28.4 Å². The number of hydrogen-bond donors (Lipinski definition) is 1. The minimum absolute atomic E-state index is 0.0527. The van der Waals surface area contributed by atoms with Gasteiger partial charge in [0.05, 0.1) is 22.1 Å². The normalized spacial score (nSPS) is 11.6. The van der Waals surface area contributed by atoms with Gasteiger partial charge in [-0.25, -0.2) is 0 Å². The van der Waals surface area contributed by atoms with Crippen LogP contribution >= 0.6 is 23.2 Å². The third-order valence-corrected chi connectivity index (χ3v) is 6.83. The average molecular weight is 603 g/mol. The van der Waals surface area contributed by atoms with Crippen molar-refractivity contribution in [2.24, 2.45) is 4.40 Å². The van der Waals surface area contributed by atoms with Crippen molar-refractivity contribution < 1.29 is 32.6 Å². The summed E-state index contributed by atoms with van der Waals surface area (Å²) in [4.78, 5) is 25.5. The number of halogens is 2. The highest BCUT2D eigenvalue weighted by Gasteiger charge is 2.19. The molecule has 3 rings (SSSR count). The molecule has 10 nitrogen and oxygen atoms in total. The number of nitriles is 1. The van der Waals surface area contributed by atoms with Crippen molar-refractivity contribution in [3.8, 4) is 11.8 Å². The molecule has 13 heteroatoms. The minimum Gasteiger partial charge on any atom is -0.597 e. The largest absolute Gasteiger partial charge is 0.597 e. The molecule has 0 spiro atoms. The predicted molar refractivity (Wildman–Crippen MR) is 147 cm³/mol. The van der Waals surface area contributed by atoms with Crippen molar-refractivity contribution in [2.75, 3.05) is 11.9 Å². The number of amides is 1. The van der Waals surface area contributed by atoms with Gasteiger partial charge < -0.3 is 19.9 Å². The fourth-order valence-corrected chi connectivity index (χ4v) is 4.70. The van der Waals surface area contributed by atoms with Gasteiger partial charge in [-0.2, -0.15) is 13.7 Å². The van der Waals surface area contributed by atoms with Crippen molar-refractivity contribution >= 4 is 56.7 Å². The Bertz CT molecular complexity index is 1650. The lowest BCUT2D eigenvalue weighted by atomic mass is 10.0. The van der Waals surface area contributed by atoms with E-state index in [0.29, 0.717) is 5.56 Å². The van der Waals surface area contributed by atoms with Crippen LogP contribution in [-0.2, 0) is 19.6 Å². The summed E-state index contributed by atoms with van der Waals surface area (Å²) in [5.74, 6) is -1.06. The molecule has 0 unspecified atom stereocenters. The van der Waals surface area contributed by atoms with Crippen LogP contribution in [0.15, 0.2) is 63.9 Å². The van der Waals surface area contributed by atoms with Gasteiger partial charge in [-0.05, 0) is 67.1 Å². The molecule has 0 saturated heterocycles. The molecule has 0 saturated carbocycles. The van der Waals surface area contributed by atoms with Crippen LogP contribution in [0.4, 0.5) is 5.69 Å².